The molecule has 13 heteroatoms. The van der Waals surface area contributed by atoms with Gasteiger partial charge in [0.15, 0.2) is 23.1 Å². The fraction of sp³-hybridized carbons (Fsp3) is 0.423. The van der Waals surface area contributed by atoms with Crippen molar-refractivity contribution in [1.29, 1.82) is 0 Å². The summed E-state index contributed by atoms with van der Waals surface area (Å²) in [5.41, 5.74) is 22.6. The maximum atomic E-state index is 14.2. The summed E-state index contributed by atoms with van der Waals surface area (Å²) in [7, 11) is 0. The van der Waals surface area contributed by atoms with E-state index in [0.29, 0.717) is 43.2 Å². The number of ketones is 8. The van der Waals surface area contributed by atoms with Gasteiger partial charge in [0.2, 0.25) is 0 Å². The highest BCUT2D eigenvalue weighted by Crippen LogP contribution is 2.44. The monoisotopic (exact) mass is 1500 g/mol. The van der Waals surface area contributed by atoms with Gasteiger partial charge in [-0.2, -0.15) is 0 Å². The summed E-state index contributed by atoms with van der Waals surface area (Å²) >= 11 is 0. The van der Waals surface area contributed by atoms with Crippen molar-refractivity contribution in [2.24, 2.45) is 23.7 Å². The van der Waals surface area contributed by atoms with Crippen LogP contribution in [0, 0.1) is 71.0 Å². The van der Waals surface area contributed by atoms with Crippen molar-refractivity contribution >= 4 is 46.3 Å². The van der Waals surface area contributed by atoms with Gasteiger partial charge in [-0.15, -0.1) is 13.2 Å². The van der Waals surface area contributed by atoms with Crippen molar-refractivity contribution in [3.05, 3.63) is 274 Å². The first-order valence-corrected chi connectivity index (χ1v) is 38.9. The molecular weight excluding hydrogens is 1390 g/mol. The van der Waals surface area contributed by atoms with Gasteiger partial charge in [0.25, 0.3) is 0 Å². The molecule has 9 nitrogen and oxygen atoms in total. The molecule has 0 spiro atoms. The highest BCUT2D eigenvalue weighted by Gasteiger charge is 2.47. The summed E-state index contributed by atoms with van der Waals surface area (Å²) in [4.78, 5) is 104. The van der Waals surface area contributed by atoms with Gasteiger partial charge in [0, 0.05) is 49.4 Å². The Bertz CT molecular complexity index is 4550. The maximum absolute atomic E-state index is 14.2. The van der Waals surface area contributed by atoms with Crippen LogP contribution in [0.2, 0.25) is 0 Å². The van der Waals surface area contributed by atoms with E-state index in [1.54, 1.807) is 12.1 Å². The number of hydrogen-bond acceptors (Lipinski definition) is 9. The van der Waals surface area contributed by atoms with Crippen molar-refractivity contribution in [2.75, 3.05) is 0 Å². The molecule has 584 valence electrons. The number of halogens is 4. The van der Waals surface area contributed by atoms with Crippen molar-refractivity contribution in [1.82, 2.24) is 0 Å². The third-order valence-electron chi connectivity index (χ3n) is 22.2. The highest BCUT2D eigenvalue weighted by atomic mass is 19.4. The molecule has 0 N–H and O–H groups in total. The molecule has 4 aliphatic carbocycles. The lowest BCUT2D eigenvalue weighted by molar-refractivity contribution is -0.274. The minimum atomic E-state index is -4.78. The molecule has 8 unspecified atom stereocenters. The summed E-state index contributed by atoms with van der Waals surface area (Å²) in [5.74, 6) is -4.46. The highest BCUT2D eigenvalue weighted by molar-refractivity contribution is 6.17. The third kappa shape index (κ3) is 20.8. The molecule has 0 radical (unpaired) electrons. The van der Waals surface area contributed by atoms with Crippen molar-refractivity contribution < 1.29 is 60.7 Å². The van der Waals surface area contributed by atoms with E-state index in [2.05, 4.69) is 128 Å². The topological polar surface area (TPSA) is 146 Å². The standard InChI is InChI=1S/C24H25F3O3.C24H27FO2.C24H28O2.C23H26O2.2CH4/c1-4-16-9-14(3)10-17(5-2)21(16)22-20(28)13-18(23(22)29)11-15-7-6-8-19(12-15)30-24(25,26)27;1-5-16-9-15(4)10-17(6-2)22(16)23-21(26)13-19(24(23)27)12-18-8-7-14(3)11-20(18)25;1-5-18-11-16(4)12-19(6-2)22(18)23-21(25)14-20(24(23)26)13-17-9-7-15(3)8-10-17;1-4-17-11-15(3)12-18(5-2)21(17)22-20(24)14-19(23(22)25)13-16-9-7-6-8-10-16;;/h6-10,12,18,22H,4-5,11,13H2,1-3H3;7-11,19,23H,5-6,12-13H2,1-4H3;7-12,20,23H,5-6,13-14H2,1-4H3;6-12,19,22H,4-5,13-14H2,1-3H3;2*1H4. The molecule has 8 aromatic carbocycles. The Labute approximate surface area is 651 Å². The molecule has 4 aliphatic rings. The molecule has 4 saturated carbocycles. The van der Waals surface area contributed by atoms with Gasteiger partial charge >= 0.3 is 6.36 Å². The second kappa shape index (κ2) is 39.0. The molecule has 0 aromatic heterocycles. The molecule has 12 rings (SSSR count). The number of ether oxygens (including phenoxy) is 1. The van der Waals surface area contributed by atoms with Crippen molar-refractivity contribution in [3.63, 3.8) is 0 Å². The number of benzene rings is 8. The molecule has 8 atom stereocenters. The quantitative estimate of drug-likeness (QED) is 0.0507. The van der Waals surface area contributed by atoms with E-state index < -0.39 is 41.9 Å². The number of carbonyl (C=O) groups excluding carboxylic acids is 8. The molecule has 0 heterocycles. The first-order valence-electron chi connectivity index (χ1n) is 38.9. The summed E-state index contributed by atoms with van der Waals surface area (Å²) in [6.45, 7) is 28.6. The summed E-state index contributed by atoms with van der Waals surface area (Å²) in [6.07, 6.45) is 4.55. The van der Waals surface area contributed by atoms with Gasteiger partial charge < -0.3 is 4.74 Å². The molecule has 110 heavy (non-hydrogen) atoms. The SMILES string of the molecule is C.C.CCc1cc(C)cc(CC)c1C1C(=O)CC(Cc2ccc(C)cc2)C1=O.CCc1cc(C)cc(CC)c1C1C(=O)CC(Cc2ccc(C)cc2F)C1=O.CCc1cc(C)cc(CC)c1C1C(=O)CC(Cc2cccc(OC(F)(F)F)c2)C1=O.CCc1cc(C)cc(CC)c1C1C(=O)CC(Cc2ccccc2)C1=O. The lowest BCUT2D eigenvalue weighted by atomic mass is 9.83. The number of alkyl halides is 3. The molecule has 4 fully saturated rings. The Hall–Kier alpha value is -9.36. The van der Waals surface area contributed by atoms with Crippen LogP contribution in [0.3, 0.4) is 0 Å². The minimum Gasteiger partial charge on any atom is -0.406 e. The van der Waals surface area contributed by atoms with Gasteiger partial charge in [0.05, 0.1) is 0 Å². The summed E-state index contributed by atoms with van der Waals surface area (Å²) in [5, 5.41) is 0. The average molecular weight is 1500 g/mol. The number of aryl methyl sites for hydroxylation is 14. The van der Waals surface area contributed by atoms with Crippen LogP contribution in [0.25, 0.3) is 0 Å². The van der Waals surface area contributed by atoms with E-state index in [0.717, 1.165) is 146 Å². The number of Topliss-reactive ketones (excluding diaryl/α,β-unsaturated/α-hetero) is 8. The predicted octanol–water partition coefficient (Wildman–Crippen LogP) is 21.3. The fourth-order valence-corrected chi connectivity index (χ4v) is 17.1. The zero-order chi connectivity index (χ0) is 78.6. The van der Waals surface area contributed by atoms with E-state index >= 15 is 0 Å². The number of hydrogen-bond donors (Lipinski definition) is 0. The Morgan fingerprint density at radius 3 is 0.891 bits per heavy atom. The van der Waals surface area contributed by atoms with Crippen LogP contribution >= 0.6 is 0 Å². The third-order valence-corrected chi connectivity index (χ3v) is 22.2. The van der Waals surface area contributed by atoms with Crippen LogP contribution in [0.4, 0.5) is 17.6 Å². The molecule has 0 saturated heterocycles. The van der Waals surface area contributed by atoms with Gasteiger partial charge in [-0.25, -0.2) is 4.39 Å². The Balaban J connectivity index is 0.000000203. The second-order valence-electron chi connectivity index (χ2n) is 30.2. The van der Waals surface area contributed by atoms with Gasteiger partial charge in [-0.1, -0.05) is 225 Å². The Morgan fingerprint density at radius 2 is 0.591 bits per heavy atom. The van der Waals surface area contributed by atoms with Crippen molar-refractivity contribution in [3.8, 4) is 5.75 Å². The van der Waals surface area contributed by atoms with E-state index in [9.17, 15) is 55.9 Å². The summed E-state index contributed by atoms with van der Waals surface area (Å²) < 4.78 is 55.6. The Morgan fingerprint density at radius 1 is 0.309 bits per heavy atom. The lowest BCUT2D eigenvalue weighted by Gasteiger charge is -2.19. The smallest absolute Gasteiger partial charge is 0.406 e. The van der Waals surface area contributed by atoms with Crippen LogP contribution in [0.1, 0.15) is 242 Å². The van der Waals surface area contributed by atoms with Crippen molar-refractivity contribution in [2.45, 2.75) is 245 Å². The number of rotatable bonds is 21. The molecular formula is C97H114F4O9. The minimum absolute atomic E-state index is 0. The second-order valence-corrected chi connectivity index (χ2v) is 30.2. The zero-order valence-electron chi connectivity index (χ0n) is 65.5. The largest absolute Gasteiger partial charge is 0.573 e. The van der Waals surface area contributed by atoms with Crippen LogP contribution < -0.4 is 4.74 Å². The van der Waals surface area contributed by atoms with E-state index in [1.165, 1.54) is 41.0 Å². The summed E-state index contributed by atoms with van der Waals surface area (Å²) in [6, 6.07) is 45.7. The maximum Gasteiger partial charge on any atom is 0.573 e. The predicted molar refractivity (Wildman–Crippen MR) is 433 cm³/mol. The van der Waals surface area contributed by atoms with Crippen LogP contribution in [0.5, 0.6) is 5.75 Å². The lowest BCUT2D eigenvalue weighted by Crippen LogP contribution is -2.20. The number of carbonyl (C=O) groups is 8. The Kier molecular flexibility index (Phi) is 31.2. The van der Waals surface area contributed by atoms with Crippen LogP contribution in [0.15, 0.2) is 146 Å². The van der Waals surface area contributed by atoms with E-state index in [4.69, 9.17) is 0 Å². The molecule has 0 bridgehead atoms. The van der Waals surface area contributed by atoms with E-state index in [1.807, 2.05) is 83.1 Å². The molecule has 8 aromatic rings. The van der Waals surface area contributed by atoms with Crippen LogP contribution in [-0.2, 0) is 115 Å². The van der Waals surface area contributed by atoms with Crippen LogP contribution in [-0.4, -0.2) is 52.6 Å². The normalized spacial score (nSPS) is 19.5. The van der Waals surface area contributed by atoms with Gasteiger partial charge in [-0.3, -0.25) is 38.4 Å². The molecule has 0 amide bonds. The van der Waals surface area contributed by atoms with Gasteiger partial charge in [-0.05, 0) is 231 Å². The van der Waals surface area contributed by atoms with E-state index in [-0.39, 0.29) is 104 Å². The average Bonchev–Trinajstić information content (AvgIpc) is 1.61. The first-order chi connectivity index (χ1) is 51.5. The zero-order valence-corrected chi connectivity index (χ0v) is 65.5. The first kappa shape index (κ1) is 87.9. The van der Waals surface area contributed by atoms with Gasteiger partial charge in [0.1, 0.15) is 58.4 Å². The fourth-order valence-electron chi connectivity index (χ4n) is 17.1. The molecule has 0 aliphatic heterocycles.